The topological polar surface area (TPSA) is 54.4 Å². The first-order chi connectivity index (χ1) is 6.56. The molecule has 14 heavy (non-hydrogen) atoms. The minimum atomic E-state index is -0.748. The molecule has 0 amide bonds. The molecule has 0 aromatic heterocycles. The highest BCUT2D eigenvalue weighted by molar-refractivity contribution is 6.30. The predicted molar refractivity (Wildman–Crippen MR) is 52.7 cm³/mol. The van der Waals surface area contributed by atoms with Crippen molar-refractivity contribution in [2.75, 3.05) is 0 Å². The largest absolute Gasteiger partial charge is 0.507 e. The number of halogens is 1. The Balaban J connectivity index is 3.07. The Morgan fingerprint density at radius 3 is 2.71 bits per heavy atom. The molecule has 0 saturated heterocycles. The van der Waals surface area contributed by atoms with E-state index in [4.69, 9.17) is 11.6 Å². The Morgan fingerprint density at radius 2 is 2.21 bits per heavy atom. The van der Waals surface area contributed by atoms with Crippen LogP contribution in [0.4, 0.5) is 0 Å². The summed E-state index contributed by atoms with van der Waals surface area (Å²) in [5.41, 5.74) is 0.119. The van der Waals surface area contributed by atoms with Gasteiger partial charge in [0.05, 0.1) is 11.5 Å². The number of rotatable bonds is 3. The molecular weight excluding hydrogens is 204 g/mol. The van der Waals surface area contributed by atoms with E-state index < -0.39 is 11.7 Å². The number of phenolic OH excluding ortho intramolecular Hbond substituents is 1. The smallest absolute Gasteiger partial charge is 0.176 e. The van der Waals surface area contributed by atoms with Gasteiger partial charge in [-0.2, -0.15) is 0 Å². The Bertz CT molecular complexity index is 374. The van der Waals surface area contributed by atoms with E-state index in [1.807, 2.05) is 0 Å². The zero-order chi connectivity index (χ0) is 10.7. The number of ketones is 1. The first-order valence-electron chi connectivity index (χ1n) is 4.04. The third-order valence-electron chi connectivity index (χ3n) is 1.84. The van der Waals surface area contributed by atoms with Crippen molar-refractivity contribution in [3.05, 3.63) is 28.8 Å². The summed E-state index contributed by atoms with van der Waals surface area (Å²) in [7, 11) is 0. The molecule has 1 rings (SSSR count). The van der Waals surface area contributed by atoms with E-state index in [9.17, 15) is 14.7 Å². The number of carbonyl (C=O) groups excluding carboxylic acids is 2. The van der Waals surface area contributed by atoms with Gasteiger partial charge in [-0.3, -0.25) is 4.79 Å². The monoisotopic (exact) mass is 212 g/mol. The fourth-order valence-electron chi connectivity index (χ4n) is 1.02. The van der Waals surface area contributed by atoms with Crippen LogP contribution in [0.1, 0.15) is 17.3 Å². The summed E-state index contributed by atoms with van der Waals surface area (Å²) in [4.78, 5) is 21.8. The van der Waals surface area contributed by atoms with Crippen LogP contribution < -0.4 is 0 Å². The van der Waals surface area contributed by atoms with Gasteiger partial charge in [0.15, 0.2) is 5.78 Å². The summed E-state index contributed by atoms with van der Waals surface area (Å²) in [6, 6.07) is 4.17. The van der Waals surface area contributed by atoms with E-state index in [0.717, 1.165) is 0 Å². The summed E-state index contributed by atoms with van der Waals surface area (Å²) in [5, 5.41) is 9.73. The van der Waals surface area contributed by atoms with Crippen molar-refractivity contribution in [1.82, 2.24) is 0 Å². The lowest BCUT2D eigenvalue weighted by molar-refractivity contribution is -0.109. The summed E-state index contributed by atoms with van der Waals surface area (Å²) in [5.74, 6) is -1.35. The van der Waals surface area contributed by atoms with Crippen LogP contribution in [-0.2, 0) is 4.79 Å². The van der Waals surface area contributed by atoms with Crippen molar-refractivity contribution in [3.8, 4) is 5.75 Å². The van der Waals surface area contributed by atoms with Gasteiger partial charge in [-0.25, -0.2) is 0 Å². The standard InChI is InChI=1S/C10H9ClO3/c1-6(5-12)10(14)8-3-2-7(11)4-9(8)13/h2-6,13H,1H3. The van der Waals surface area contributed by atoms with E-state index in [2.05, 4.69) is 0 Å². The summed E-state index contributed by atoms with van der Waals surface area (Å²) < 4.78 is 0. The minimum absolute atomic E-state index is 0.119. The number of hydrogen-bond acceptors (Lipinski definition) is 3. The van der Waals surface area contributed by atoms with Crippen molar-refractivity contribution in [2.24, 2.45) is 5.92 Å². The molecule has 0 heterocycles. The molecule has 1 unspecified atom stereocenters. The first-order valence-corrected chi connectivity index (χ1v) is 4.42. The van der Waals surface area contributed by atoms with E-state index in [-0.39, 0.29) is 11.3 Å². The molecule has 0 aliphatic carbocycles. The lowest BCUT2D eigenvalue weighted by Gasteiger charge is -2.05. The van der Waals surface area contributed by atoms with Gasteiger partial charge in [0.2, 0.25) is 0 Å². The molecule has 0 radical (unpaired) electrons. The number of aromatic hydroxyl groups is 1. The fraction of sp³-hybridized carbons (Fsp3) is 0.200. The van der Waals surface area contributed by atoms with E-state index in [1.54, 1.807) is 0 Å². The zero-order valence-corrected chi connectivity index (χ0v) is 8.28. The first kappa shape index (κ1) is 10.7. The lowest BCUT2D eigenvalue weighted by atomic mass is 10.00. The molecular formula is C10H9ClO3. The van der Waals surface area contributed by atoms with Gasteiger partial charge in [-0.15, -0.1) is 0 Å². The van der Waals surface area contributed by atoms with Gasteiger partial charge >= 0.3 is 0 Å². The van der Waals surface area contributed by atoms with Crippen LogP contribution in [0, 0.1) is 5.92 Å². The zero-order valence-electron chi connectivity index (χ0n) is 7.53. The minimum Gasteiger partial charge on any atom is -0.507 e. The number of phenols is 1. The Morgan fingerprint density at radius 1 is 1.57 bits per heavy atom. The van der Waals surface area contributed by atoms with Crippen LogP contribution in [0.2, 0.25) is 5.02 Å². The molecule has 1 atom stereocenters. The Kier molecular flexibility index (Phi) is 3.25. The molecule has 74 valence electrons. The van der Waals surface area contributed by atoms with E-state index >= 15 is 0 Å². The second-order valence-corrected chi connectivity index (χ2v) is 3.39. The lowest BCUT2D eigenvalue weighted by Crippen LogP contribution is -2.12. The number of hydrogen-bond donors (Lipinski definition) is 1. The Hall–Kier alpha value is -1.35. The summed E-state index contributed by atoms with van der Waals surface area (Å²) >= 11 is 5.59. The third-order valence-corrected chi connectivity index (χ3v) is 2.08. The van der Waals surface area contributed by atoms with Gasteiger partial charge in [-0.05, 0) is 25.1 Å². The predicted octanol–water partition coefficient (Wildman–Crippen LogP) is 2.06. The number of Topliss-reactive ketones (excluding diaryl/α,β-unsaturated/α-hetero) is 1. The van der Waals surface area contributed by atoms with Gasteiger partial charge in [0, 0.05) is 5.02 Å². The molecule has 0 bridgehead atoms. The maximum absolute atomic E-state index is 11.5. The van der Waals surface area contributed by atoms with Crippen LogP contribution in [-0.4, -0.2) is 17.2 Å². The SMILES string of the molecule is CC(C=O)C(=O)c1ccc(Cl)cc1O. The normalized spacial score (nSPS) is 12.1. The van der Waals surface area contributed by atoms with Gasteiger partial charge in [0.25, 0.3) is 0 Å². The number of carbonyl (C=O) groups is 2. The maximum atomic E-state index is 11.5. The third kappa shape index (κ3) is 2.12. The van der Waals surface area contributed by atoms with Crippen molar-refractivity contribution in [3.63, 3.8) is 0 Å². The summed E-state index contributed by atoms with van der Waals surface area (Å²) in [6.07, 6.45) is 0.538. The highest BCUT2D eigenvalue weighted by atomic mass is 35.5. The molecule has 1 aromatic carbocycles. The molecule has 0 saturated carbocycles. The van der Waals surface area contributed by atoms with E-state index in [0.29, 0.717) is 11.3 Å². The maximum Gasteiger partial charge on any atom is 0.176 e. The van der Waals surface area contributed by atoms with Crippen molar-refractivity contribution >= 4 is 23.7 Å². The van der Waals surface area contributed by atoms with Crippen LogP contribution in [0.15, 0.2) is 18.2 Å². The number of aldehydes is 1. The molecule has 1 N–H and O–H groups in total. The molecule has 4 heteroatoms. The quantitative estimate of drug-likeness (QED) is 0.474. The average Bonchev–Trinajstić information content (AvgIpc) is 2.15. The summed E-state index contributed by atoms with van der Waals surface area (Å²) in [6.45, 7) is 1.48. The van der Waals surface area contributed by atoms with Crippen molar-refractivity contribution < 1.29 is 14.7 Å². The molecule has 1 aromatic rings. The van der Waals surface area contributed by atoms with Crippen LogP contribution in [0.5, 0.6) is 5.75 Å². The van der Waals surface area contributed by atoms with Crippen molar-refractivity contribution in [1.29, 1.82) is 0 Å². The second kappa shape index (κ2) is 4.24. The van der Waals surface area contributed by atoms with Crippen molar-refractivity contribution in [2.45, 2.75) is 6.92 Å². The molecule has 0 fully saturated rings. The van der Waals surface area contributed by atoms with Crippen LogP contribution in [0.25, 0.3) is 0 Å². The van der Waals surface area contributed by atoms with Crippen LogP contribution >= 0.6 is 11.6 Å². The van der Waals surface area contributed by atoms with Gasteiger partial charge < -0.3 is 9.90 Å². The average molecular weight is 213 g/mol. The molecule has 0 aliphatic heterocycles. The number of benzene rings is 1. The second-order valence-electron chi connectivity index (χ2n) is 2.95. The van der Waals surface area contributed by atoms with E-state index in [1.165, 1.54) is 25.1 Å². The van der Waals surface area contributed by atoms with Crippen LogP contribution in [0.3, 0.4) is 0 Å². The van der Waals surface area contributed by atoms with Gasteiger partial charge in [0.1, 0.15) is 12.0 Å². The highest BCUT2D eigenvalue weighted by Gasteiger charge is 2.17. The molecule has 0 spiro atoms. The fourth-order valence-corrected chi connectivity index (χ4v) is 1.19. The highest BCUT2D eigenvalue weighted by Crippen LogP contribution is 2.23. The molecule has 0 aliphatic rings. The molecule has 3 nitrogen and oxygen atoms in total. The van der Waals surface area contributed by atoms with Gasteiger partial charge in [-0.1, -0.05) is 11.6 Å². The Labute approximate surface area is 86.3 Å².